The van der Waals surface area contributed by atoms with Crippen LogP contribution in [0.4, 0.5) is 13.2 Å². The number of likely N-dealkylation sites (N-methyl/N-ethyl adjacent to an activating group) is 1. The zero-order valence-electron chi connectivity index (χ0n) is 14.3. The average Bonchev–Trinajstić information content (AvgIpc) is 2.61. The van der Waals surface area contributed by atoms with E-state index < -0.39 is 17.5 Å². The van der Waals surface area contributed by atoms with Gasteiger partial charge in [-0.1, -0.05) is 31.7 Å². The van der Waals surface area contributed by atoms with Crippen LogP contribution in [-0.4, -0.2) is 24.4 Å². The van der Waals surface area contributed by atoms with Crippen LogP contribution >= 0.6 is 0 Å². The molecule has 2 aromatic carbocycles. The summed E-state index contributed by atoms with van der Waals surface area (Å²) in [5.41, 5.74) is 3.26. The lowest BCUT2D eigenvalue weighted by Crippen LogP contribution is -2.34. The van der Waals surface area contributed by atoms with Gasteiger partial charge >= 0.3 is 0 Å². The molecule has 0 unspecified atom stereocenters. The molecular formula is C20H20F3NO. The summed E-state index contributed by atoms with van der Waals surface area (Å²) >= 11 is 0. The lowest BCUT2D eigenvalue weighted by atomic mass is 9.97. The molecule has 0 N–H and O–H groups in total. The number of amides is 1. The second kappa shape index (κ2) is 8.01. The maximum Gasteiger partial charge on any atom is 0.253 e. The van der Waals surface area contributed by atoms with Crippen LogP contribution in [0.3, 0.4) is 0 Å². The van der Waals surface area contributed by atoms with Crippen molar-refractivity contribution in [2.75, 3.05) is 13.6 Å². The molecule has 5 heteroatoms. The highest BCUT2D eigenvalue weighted by Crippen LogP contribution is 2.19. The van der Waals surface area contributed by atoms with Gasteiger partial charge in [-0.05, 0) is 41.7 Å². The minimum absolute atomic E-state index is 0.127. The Bertz CT molecular complexity index is 802. The number of hydrogen-bond donors (Lipinski definition) is 0. The predicted octanol–water partition coefficient (Wildman–Crippen LogP) is 4.62. The standard InChI is InChI=1S/C12H13NO.C8H7F3/c1-3-9-4-5-11-10(8-9)6-7-13(2)12(11)14;1-2-5-3-7(10)8(11)4-6(5)9/h3-5,8H,1,6-7H2,2H3;3-4H,2H2,1H3. The summed E-state index contributed by atoms with van der Waals surface area (Å²) in [7, 11) is 1.84. The number of benzene rings is 2. The van der Waals surface area contributed by atoms with Crippen LogP contribution in [0.1, 0.15) is 34.0 Å². The number of hydrogen-bond acceptors (Lipinski definition) is 1. The van der Waals surface area contributed by atoms with Crippen LogP contribution in [0, 0.1) is 17.5 Å². The number of halogens is 3. The van der Waals surface area contributed by atoms with E-state index in [1.807, 2.05) is 31.3 Å². The largest absolute Gasteiger partial charge is 0.341 e. The summed E-state index contributed by atoms with van der Waals surface area (Å²) in [4.78, 5) is 13.5. The first-order valence-corrected chi connectivity index (χ1v) is 8.01. The fraction of sp³-hybridized carbons (Fsp3) is 0.250. The summed E-state index contributed by atoms with van der Waals surface area (Å²) in [5.74, 6) is -2.70. The van der Waals surface area contributed by atoms with Crippen molar-refractivity contribution < 1.29 is 18.0 Å². The summed E-state index contributed by atoms with van der Waals surface area (Å²) in [6, 6.07) is 7.32. The lowest BCUT2D eigenvalue weighted by molar-refractivity contribution is 0.0781. The molecule has 0 radical (unpaired) electrons. The maximum absolute atomic E-state index is 12.6. The Labute approximate surface area is 145 Å². The SMILES string of the molecule is C=Cc1ccc2c(c1)CCN(C)C2=O.CCc1cc(F)c(F)cc1F. The Morgan fingerprint density at radius 3 is 2.44 bits per heavy atom. The van der Waals surface area contributed by atoms with Crippen LogP contribution < -0.4 is 0 Å². The van der Waals surface area contributed by atoms with E-state index in [0.717, 1.165) is 35.7 Å². The Balaban J connectivity index is 0.000000186. The van der Waals surface area contributed by atoms with E-state index in [0.29, 0.717) is 12.5 Å². The Morgan fingerprint density at radius 1 is 1.12 bits per heavy atom. The van der Waals surface area contributed by atoms with Crippen LogP contribution in [-0.2, 0) is 12.8 Å². The van der Waals surface area contributed by atoms with E-state index in [1.54, 1.807) is 11.8 Å². The van der Waals surface area contributed by atoms with E-state index in [4.69, 9.17) is 0 Å². The average molecular weight is 347 g/mol. The molecule has 0 aliphatic carbocycles. The summed E-state index contributed by atoms with van der Waals surface area (Å²) < 4.78 is 37.3. The van der Waals surface area contributed by atoms with E-state index in [-0.39, 0.29) is 11.5 Å². The molecule has 1 aliphatic rings. The molecule has 2 aromatic rings. The summed E-state index contributed by atoms with van der Waals surface area (Å²) in [5, 5.41) is 0. The third kappa shape index (κ3) is 4.29. The van der Waals surface area contributed by atoms with E-state index in [1.165, 1.54) is 0 Å². The minimum Gasteiger partial charge on any atom is -0.341 e. The highest BCUT2D eigenvalue weighted by Gasteiger charge is 2.20. The molecule has 0 saturated carbocycles. The molecule has 0 saturated heterocycles. The number of nitrogens with zero attached hydrogens (tertiary/aromatic N) is 1. The Kier molecular flexibility index (Phi) is 6.02. The van der Waals surface area contributed by atoms with Gasteiger partial charge in [-0.2, -0.15) is 0 Å². The number of carbonyl (C=O) groups is 1. The lowest BCUT2D eigenvalue weighted by Gasteiger charge is -2.24. The normalized spacial score (nSPS) is 13.0. The van der Waals surface area contributed by atoms with Crippen molar-refractivity contribution in [2.45, 2.75) is 19.8 Å². The smallest absolute Gasteiger partial charge is 0.253 e. The van der Waals surface area contributed by atoms with Gasteiger partial charge in [0.25, 0.3) is 5.91 Å². The maximum atomic E-state index is 12.6. The van der Waals surface area contributed by atoms with Crippen molar-refractivity contribution in [3.63, 3.8) is 0 Å². The first-order chi connectivity index (χ1) is 11.9. The minimum atomic E-state index is -1.14. The topological polar surface area (TPSA) is 20.3 Å². The number of aryl methyl sites for hydroxylation is 1. The highest BCUT2D eigenvalue weighted by atomic mass is 19.2. The molecule has 0 atom stereocenters. The third-order valence-electron chi connectivity index (χ3n) is 4.13. The quantitative estimate of drug-likeness (QED) is 0.726. The van der Waals surface area contributed by atoms with Crippen molar-refractivity contribution in [1.29, 1.82) is 0 Å². The van der Waals surface area contributed by atoms with Crippen LogP contribution in [0.15, 0.2) is 36.9 Å². The zero-order chi connectivity index (χ0) is 18.6. The van der Waals surface area contributed by atoms with Gasteiger partial charge in [-0.15, -0.1) is 0 Å². The van der Waals surface area contributed by atoms with Gasteiger partial charge in [0.2, 0.25) is 0 Å². The van der Waals surface area contributed by atoms with Gasteiger partial charge in [0.05, 0.1) is 0 Å². The molecule has 0 fully saturated rings. The fourth-order valence-corrected chi connectivity index (χ4v) is 2.59. The first kappa shape index (κ1) is 18.8. The molecule has 132 valence electrons. The number of carbonyl (C=O) groups excluding carboxylic acids is 1. The monoisotopic (exact) mass is 347 g/mol. The molecule has 1 aliphatic heterocycles. The molecule has 0 aromatic heterocycles. The third-order valence-corrected chi connectivity index (χ3v) is 4.13. The molecule has 3 rings (SSSR count). The Hall–Kier alpha value is -2.56. The van der Waals surface area contributed by atoms with Gasteiger partial charge in [0.15, 0.2) is 11.6 Å². The van der Waals surface area contributed by atoms with E-state index in [2.05, 4.69) is 6.58 Å². The van der Waals surface area contributed by atoms with E-state index >= 15 is 0 Å². The fourth-order valence-electron chi connectivity index (χ4n) is 2.59. The van der Waals surface area contributed by atoms with E-state index in [9.17, 15) is 18.0 Å². The molecule has 0 spiro atoms. The Morgan fingerprint density at radius 2 is 1.80 bits per heavy atom. The predicted molar refractivity (Wildman–Crippen MR) is 92.9 cm³/mol. The van der Waals surface area contributed by atoms with Gasteiger partial charge in [-0.25, -0.2) is 13.2 Å². The van der Waals surface area contributed by atoms with Gasteiger partial charge < -0.3 is 4.90 Å². The molecule has 0 bridgehead atoms. The molecule has 1 heterocycles. The highest BCUT2D eigenvalue weighted by molar-refractivity contribution is 5.96. The van der Waals surface area contributed by atoms with Crippen molar-refractivity contribution in [3.8, 4) is 0 Å². The van der Waals surface area contributed by atoms with Crippen LogP contribution in [0.2, 0.25) is 0 Å². The zero-order valence-corrected chi connectivity index (χ0v) is 14.3. The summed E-state index contributed by atoms with van der Waals surface area (Å²) in [6.07, 6.45) is 3.12. The van der Waals surface area contributed by atoms with Gasteiger partial charge in [0.1, 0.15) is 5.82 Å². The van der Waals surface area contributed by atoms with Crippen molar-refractivity contribution in [3.05, 3.63) is 76.6 Å². The molecule has 1 amide bonds. The molecule has 25 heavy (non-hydrogen) atoms. The van der Waals surface area contributed by atoms with Crippen molar-refractivity contribution >= 4 is 12.0 Å². The van der Waals surface area contributed by atoms with Crippen molar-refractivity contribution in [1.82, 2.24) is 4.90 Å². The van der Waals surface area contributed by atoms with Crippen LogP contribution in [0.5, 0.6) is 0 Å². The molecular weight excluding hydrogens is 327 g/mol. The second-order valence-electron chi connectivity index (χ2n) is 5.81. The van der Waals surface area contributed by atoms with Gasteiger partial charge in [0, 0.05) is 25.2 Å². The van der Waals surface area contributed by atoms with Crippen molar-refractivity contribution in [2.24, 2.45) is 0 Å². The number of rotatable bonds is 2. The van der Waals surface area contributed by atoms with Gasteiger partial charge in [-0.3, -0.25) is 4.79 Å². The summed E-state index contributed by atoms with van der Waals surface area (Å²) in [6.45, 7) is 6.21. The second-order valence-corrected chi connectivity index (χ2v) is 5.81. The van der Waals surface area contributed by atoms with Crippen LogP contribution in [0.25, 0.3) is 6.08 Å². The molecule has 2 nitrogen and oxygen atoms in total. The first-order valence-electron chi connectivity index (χ1n) is 8.01. The number of fused-ring (bicyclic) bond motifs is 1.